The number of aliphatic hydroxyl groups is 1. The van der Waals surface area contributed by atoms with E-state index >= 15 is 0 Å². The Morgan fingerprint density at radius 1 is 1.42 bits per heavy atom. The third-order valence-corrected chi connectivity index (χ3v) is 2.71. The highest BCUT2D eigenvalue weighted by Gasteiger charge is 2.30. The summed E-state index contributed by atoms with van der Waals surface area (Å²) in [5.41, 5.74) is 0. The molecule has 2 atom stereocenters. The largest absolute Gasteiger partial charge is 0.392 e. The summed E-state index contributed by atoms with van der Waals surface area (Å²) in [7, 11) is 0. The monoisotopic (exact) mass is 171 g/mol. The summed E-state index contributed by atoms with van der Waals surface area (Å²) in [5, 5.41) is 12.9. The predicted octanol–water partition coefficient (Wildman–Crippen LogP) is 0.136. The standard InChI is InChI=1S/C9H17NO2/c11-9(7-1-2-7)5-10-8-3-4-12-6-8/h7-11H,1-6H2. The molecule has 70 valence electrons. The predicted molar refractivity (Wildman–Crippen MR) is 46.0 cm³/mol. The second kappa shape index (κ2) is 3.73. The molecule has 3 heteroatoms. The van der Waals surface area contributed by atoms with Gasteiger partial charge in [-0.15, -0.1) is 0 Å². The molecule has 1 aliphatic carbocycles. The maximum atomic E-state index is 9.55. The van der Waals surface area contributed by atoms with Gasteiger partial charge in [-0.05, 0) is 25.2 Å². The molecular formula is C9H17NO2. The van der Waals surface area contributed by atoms with E-state index in [2.05, 4.69) is 5.32 Å². The van der Waals surface area contributed by atoms with Crippen molar-refractivity contribution in [3.63, 3.8) is 0 Å². The second-order valence-electron chi connectivity index (χ2n) is 3.87. The average molecular weight is 171 g/mol. The van der Waals surface area contributed by atoms with Crippen LogP contribution in [0.2, 0.25) is 0 Å². The van der Waals surface area contributed by atoms with Crippen LogP contribution in [0.5, 0.6) is 0 Å². The molecule has 1 heterocycles. The van der Waals surface area contributed by atoms with Crippen molar-refractivity contribution < 1.29 is 9.84 Å². The first-order chi connectivity index (χ1) is 5.86. The van der Waals surface area contributed by atoms with E-state index in [0.29, 0.717) is 12.0 Å². The van der Waals surface area contributed by atoms with Gasteiger partial charge in [-0.25, -0.2) is 0 Å². The lowest BCUT2D eigenvalue weighted by Gasteiger charge is -2.14. The molecule has 0 aromatic rings. The molecular weight excluding hydrogens is 154 g/mol. The number of ether oxygens (including phenoxy) is 1. The van der Waals surface area contributed by atoms with Crippen LogP contribution in [-0.4, -0.2) is 37.0 Å². The Hall–Kier alpha value is -0.120. The van der Waals surface area contributed by atoms with Crippen molar-refractivity contribution in [3.8, 4) is 0 Å². The van der Waals surface area contributed by atoms with Crippen molar-refractivity contribution in [1.29, 1.82) is 0 Å². The topological polar surface area (TPSA) is 41.5 Å². The molecule has 2 rings (SSSR count). The number of rotatable bonds is 4. The van der Waals surface area contributed by atoms with Crippen LogP contribution in [0.15, 0.2) is 0 Å². The molecule has 0 spiro atoms. The molecule has 2 aliphatic rings. The quantitative estimate of drug-likeness (QED) is 0.632. The summed E-state index contributed by atoms with van der Waals surface area (Å²) in [6, 6.07) is 0.485. The molecule has 0 amide bonds. The van der Waals surface area contributed by atoms with E-state index in [-0.39, 0.29) is 6.10 Å². The van der Waals surface area contributed by atoms with Gasteiger partial charge in [0.2, 0.25) is 0 Å². The van der Waals surface area contributed by atoms with Crippen LogP contribution < -0.4 is 5.32 Å². The molecule has 0 aromatic heterocycles. The zero-order valence-electron chi connectivity index (χ0n) is 7.33. The Morgan fingerprint density at radius 2 is 2.25 bits per heavy atom. The lowest BCUT2D eigenvalue weighted by Crippen LogP contribution is -2.36. The fourth-order valence-corrected chi connectivity index (χ4v) is 1.63. The number of nitrogens with one attached hydrogen (secondary N) is 1. The van der Waals surface area contributed by atoms with E-state index in [1.54, 1.807) is 0 Å². The average Bonchev–Trinajstić information content (AvgIpc) is 2.80. The first-order valence-corrected chi connectivity index (χ1v) is 4.85. The first kappa shape index (κ1) is 8.48. The minimum absolute atomic E-state index is 0.120. The van der Waals surface area contributed by atoms with Gasteiger partial charge in [0.15, 0.2) is 0 Å². The number of hydrogen-bond acceptors (Lipinski definition) is 3. The molecule has 1 saturated heterocycles. The molecule has 2 fully saturated rings. The maximum absolute atomic E-state index is 9.55. The summed E-state index contributed by atoms with van der Waals surface area (Å²) in [5.74, 6) is 0.583. The van der Waals surface area contributed by atoms with Gasteiger partial charge in [-0.1, -0.05) is 0 Å². The summed E-state index contributed by atoms with van der Waals surface area (Å²) in [6.07, 6.45) is 3.40. The first-order valence-electron chi connectivity index (χ1n) is 4.85. The Balaban J connectivity index is 1.60. The smallest absolute Gasteiger partial charge is 0.0692 e. The lowest BCUT2D eigenvalue weighted by atomic mass is 10.2. The molecule has 1 saturated carbocycles. The van der Waals surface area contributed by atoms with Gasteiger partial charge in [-0.3, -0.25) is 0 Å². The Kier molecular flexibility index (Phi) is 2.63. The highest BCUT2D eigenvalue weighted by molar-refractivity contribution is 4.83. The van der Waals surface area contributed by atoms with Gasteiger partial charge in [0.05, 0.1) is 12.7 Å². The lowest BCUT2D eigenvalue weighted by molar-refractivity contribution is 0.140. The summed E-state index contributed by atoms with van der Waals surface area (Å²) in [6.45, 7) is 2.44. The third kappa shape index (κ3) is 2.19. The van der Waals surface area contributed by atoms with Crippen LogP contribution in [0.25, 0.3) is 0 Å². The summed E-state index contributed by atoms with van der Waals surface area (Å²) in [4.78, 5) is 0. The molecule has 2 N–H and O–H groups in total. The Morgan fingerprint density at radius 3 is 2.83 bits per heavy atom. The Labute approximate surface area is 73.1 Å². The van der Waals surface area contributed by atoms with Gasteiger partial charge in [0, 0.05) is 19.2 Å². The van der Waals surface area contributed by atoms with Crippen LogP contribution in [0, 0.1) is 5.92 Å². The van der Waals surface area contributed by atoms with E-state index in [0.717, 1.165) is 26.2 Å². The highest BCUT2D eigenvalue weighted by atomic mass is 16.5. The summed E-state index contributed by atoms with van der Waals surface area (Å²) < 4.78 is 5.22. The highest BCUT2D eigenvalue weighted by Crippen LogP contribution is 2.32. The Bertz CT molecular complexity index is 139. The van der Waals surface area contributed by atoms with Gasteiger partial charge in [0.1, 0.15) is 0 Å². The molecule has 0 bridgehead atoms. The zero-order valence-corrected chi connectivity index (χ0v) is 7.33. The van der Waals surface area contributed by atoms with Gasteiger partial charge < -0.3 is 15.2 Å². The van der Waals surface area contributed by atoms with E-state index in [9.17, 15) is 5.11 Å². The fourth-order valence-electron chi connectivity index (χ4n) is 1.63. The van der Waals surface area contributed by atoms with Crippen LogP contribution in [0.4, 0.5) is 0 Å². The maximum Gasteiger partial charge on any atom is 0.0692 e. The fraction of sp³-hybridized carbons (Fsp3) is 1.00. The molecule has 0 aromatic carbocycles. The molecule has 2 unspecified atom stereocenters. The second-order valence-corrected chi connectivity index (χ2v) is 3.87. The van der Waals surface area contributed by atoms with Crippen LogP contribution in [-0.2, 0) is 4.74 Å². The minimum atomic E-state index is -0.120. The molecule has 12 heavy (non-hydrogen) atoms. The normalized spacial score (nSPS) is 32.2. The van der Waals surface area contributed by atoms with Crippen LogP contribution >= 0.6 is 0 Å². The van der Waals surface area contributed by atoms with Crippen molar-refractivity contribution in [2.24, 2.45) is 5.92 Å². The molecule has 1 aliphatic heterocycles. The minimum Gasteiger partial charge on any atom is -0.392 e. The SMILES string of the molecule is OC(CNC1CCOC1)C1CC1. The van der Waals surface area contributed by atoms with Crippen molar-refractivity contribution >= 4 is 0 Å². The molecule has 0 radical (unpaired) electrons. The summed E-state index contributed by atoms with van der Waals surface area (Å²) >= 11 is 0. The van der Waals surface area contributed by atoms with E-state index < -0.39 is 0 Å². The zero-order chi connectivity index (χ0) is 8.39. The van der Waals surface area contributed by atoms with Crippen LogP contribution in [0.3, 0.4) is 0 Å². The third-order valence-electron chi connectivity index (χ3n) is 2.71. The van der Waals surface area contributed by atoms with E-state index in [1.807, 2.05) is 0 Å². The van der Waals surface area contributed by atoms with Crippen molar-refractivity contribution in [2.45, 2.75) is 31.4 Å². The number of aliphatic hydroxyl groups excluding tert-OH is 1. The van der Waals surface area contributed by atoms with Crippen molar-refractivity contribution in [2.75, 3.05) is 19.8 Å². The van der Waals surface area contributed by atoms with Gasteiger partial charge >= 0.3 is 0 Å². The van der Waals surface area contributed by atoms with Gasteiger partial charge in [0.25, 0.3) is 0 Å². The van der Waals surface area contributed by atoms with E-state index in [4.69, 9.17) is 4.74 Å². The van der Waals surface area contributed by atoms with Crippen molar-refractivity contribution in [1.82, 2.24) is 5.32 Å². The van der Waals surface area contributed by atoms with Gasteiger partial charge in [-0.2, -0.15) is 0 Å². The van der Waals surface area contributed by atoms with Crippen LogP contribution in [0.1, 0.15) is 19.3 Å². The number of hydrogen-bond donors (Lipinski definition) is 2. The van der Waals surface area contributed by atoms with Crippen molar-refractivity contribution in [3.05, 3.63) is 0 Å². The molecule has 3 nitrogen and oxygen atoms in total. The van der Waals surface area contributed by atoms with E-state index in [1.165, 1.54) is 12.8 Å².